The fourth-order valence-corrected chi connectivity index (χ4v) is 3.61. The zero-order chi connectivity index (χ0) is 15.2. The van der Waals surface area contributed by atoms with Gasteiger partial charge in [-0.1, -0.05) is 30.3 Å². The monoisotopic (exact) mass is 315 g/mol. The largest absolute Gasteiger partial charge is 0.355 e. The molecule has 116 valence electrons. The zero-order valence-electron chi connectivity index (χ0n) is 12.5. The van der Waals surface area contributed by atoms with Gasteiger partial charge >= 0.3 is 0 Å². The third-order valence-electron chi connectivity index (χ3n) is 4.05. The molecule has 5 heteroatoms. The second kappa shape index (κ2) is 7.49. The minimum atomic E-state index is 0.0899. The summed E-state index contributed by atoms with van der Waals surface area (Å²) in [5.41, 5.74) is 3.73. The van der Waals surface area contributed by atoms with Crippen molar-refractivity contribution >= 4 is 17.7 Å². The van der Waals surface area contributed by atoms with Crippen molar-refractivity contribution in [3.8, 4) is 0 Å². The van der Waals surface area contributed by atoms with Gasteiger partial charge in [0.05, 0.1) is 6.20 Å². The fourth-order valence-electron chi connectivity index (χ4n) is 2.79. The molecule has 1 heterocycles. The Morgan fingerprint density at radius 2 is 2.23 bits per heavy atom. The summed E-state index contributed by atoms with van der Waals surface area (Å²) in [5, 5.41) is 10.1. The second-order valence-corrected chi connectivity index (χ2v) is 6.75. The van der Waals surface area contributed by atoms with E-state index >= 15 is 0 Å². The molecule has 1 atom stereocenters. The predicted molar refractivity (Wildman–Crippen MR) is 89.7 cm³/mol. The molecule has 3 rings (SSSR count). The third-order valence-corrected chi connectivity index (χ3v) is 5.08. The molecule has 0 aliphatic heterocycles. The molecule has 0 fully saturated rings. The van der Waals surface area contributed by atoms with E-state index in [1.54, 1.807) is 0 Å². The number of hydrogen-bond acceptors (Lipinski definition) is 3. The van der Waals surface area contributed by atoms with Crippen molar-refractivity contribution in [3.05, 3.63) is 53.3 Å². The Morgan fingerprint density at radius 1 is 1.36 bits per heavy atom. The van der Waals surface area contributed by atoms with Gasteiger partial charge in [0.25, 0.3) is 0 Å². The highest BCUT2D eigenvalue weighted by atomic mass is 32.2. The lowest BCUT2D eigenvalue weighted by atomic mass is 9.87. The van der Waals surface area contributed by atoms with Crippen LogP contribution in [0.4, 0.5) is 0 Å². The van der Waals surface area contributed by atoms with Gasteiger partial charge in [-0.05, 0) is 24.0 Å². The van der Waals surface area contributed by atoms with Crippen LogP contribution in [0.2, 0.25) is 0 Å². The molecule has 1 aliphatic carbocycles. The Labute approximate surface area is 135 Å². The van der Waals surface area contributed by atoms with Gasteiger partial charge in [-0.3, -0.25) is 9.89 Å². The number of H-pyrrole nitrogens is 1. The zero-order valence-corrected chi connectivity index (χ0v) is 13.4. The van der Waals surface area contributed by atoms with E-state index in [1.165, 1.54) is 11.1 Å². The highest BCUT2D eigenvalue weighted by molar-refractivity contribution is 7.98. The Morgan fingerprint density at radius 3 is 3.09 bits per heavy atom. The van der Waals surface area contributed by atoms with Crippen LogP contribution in [0.5, 0.6) is 0 Å². The standard InChI is InChI=1S/C17H21N3OS/c21-17(14-6-7-15-11-19-20-16(15)10-14)18-8-9-22-12-13-4-2-1-3-5-13/h1-5,11,14H,6-10,12H2,(H,18,21)(H,19,20). The second-order valence-electron chi connectivity index (χ2n) is 5.64. The number of carbonyl (C=O) groups is 1. The van der Waals surface area contributed by atoms with Crippen LogP contribution in [0.3, 0.4) is 0 Å². The van der Waals surface area contributed by atoms with E-state index in [0.717, 1.165) is 43.0 Å². The summed E-state index contributed by atoms with van der Waals surface area (Å²) in [5.74, 6) is 2.22. The van der Waals surface area contributed by atoms with Gasteiger partial charge in [0, 0.05) is 36.1 Å². The molecule has 1 aromatic heterocycles. The van der Waals surface area contributed by atoms with Gasteiger partial charge in [0.2, 0.25) is 5.91 Å². The Balaban J connectivity index is 1.35. The van der Waals surface area contributed by atoms with E-state index in [-0.39, 0.29) is 11.8 Å². The molecule has 2 N–H and O–H groups in total. The van der Waals surface area contributed by atoms with Crippen LogP contribution in [-0.2, 0) is 23.4 Å². The summed E-state index contributed by atoms with van der Waals surface area (Å²) >= 11 is 1.85. The van der Waals surface area contributed by atoms with Crippen LogP contribution < -0.4 is 5.32 Å². The first-order chi connectivity index (χ1) is 10.8. The van der Waals surface area contributed by atoms with Crippen molar-refractivity contribution in [1.82, 2.24) is 15.5 Å². The number of rotatable bonds is 6. The number of amides is 1. The molecular weight excluding hydrogens is 294 g/mol. The van der Waals surface area contributed by atoms with E-state index in [4.69, 9.17) is 0 Å². The maximum Gasteiger partial charge on any atom is 0.223 e. The number of fused-ring (bicyclic) bond motifs is 1. The predicted octanol–water partition coefficient (Wildman–Crippen LogP) is 2.56. The minimum absolute atomic E-state index is 0.0899. The van der Waals surface area contributed by atoms with Gasteiger partial charge in [-0.25, -0.2) is 0 Å². The van der Waals surface area contributed by atoms with Crippen LogP contribution in [0, 0.1) is 5.92 Å². The van der Waals surface area contributed by atoms with Gasteiger partial charge in [0.1, 0.15) is 0 Å². The SMILES string of the molecule is O=C(NCCSCc1ccccc1)C1CCc2cn[nH]c2C1. The van der Waals surface area contributed by atoms with Gasteiger partial charge in [-0.15, -0.1) is 0 Å². The van der Waals surface area contributed by atoms with Crippen LogP contribution >= 0.6 is 11.8 Å². The van der Waals surface area contributed by atoms with Crippen molar-refractivity contribution in [1.29, 1.82) is 0 Å². The smallest absolute Gasteiger partial charge is 0.223 e. The summed E-state index contributed by atoms with van der Waals surface area (Å²) in [6.45, 7) is 0.739. The Bertz CT molecular complexity index is 611. The number of thioether (sulfide) groups is 1. The highest BCUT2D eigenvalue weighted by Gasteiger charge is 2.25. The number of benzene rings is 1. The number of aryl methyl sites for hydroxylation is 1. The number of nitrogens with zero attached hydrogens (tertiary/aromatic N) is 1. The van der Waals surface area contributed by atoms with Gasteiger partial charge in [-0.2, -0.15) is 16.9 Å². The maximum atomic E-state index is 12.2. The van der Waals surface area contributed by atoms with Crippen LogP contribution in [-0.4, -0.2) is 28.4 Å². The molecule has 22 heavy (non-hydrogen) atoms. The van der Waals surface area contributed by atoms with E-state index in [9.17, 15) is 4.79 Å². The van der Waals surface area contributed by atoms with E-state index in [1.807, 2.05) is 24.0 Å². The van der Waals surface area contributed by atoms with Crippen molar-refractivity contribution in [2.75, 3.05) is 12.3 Å². The first-order valence-electron chi connectivity index (χ1n) is 7.73. The van der Waals surface area contributed by atoms with E-state index < -0.39 is 0 Å². The molecule has 1 aromatic carbocycles. The molecule has 1 amide bonds. The molecule has 0 radical (unpaired) electrons. The average molecular weight is 315 g/mol. The Kier molecular flexibility index (Phi) is 5.16. The summed E-state index contributed by atoms with van der Waals surface area (Å²) < 4.78 is 0. The molecule has 0 saturated heterocycles. The van der Waals surface area contributed by atoms with Crippen molar-refractivity contribution in [2.24, 2.45) is 5.92 Å². The molecule has 1 aliphatic rings. The van der Waals surface area contributed by atoms with Gasteiger partial charge in [0.15, 0.2) is 0 Å². The molecular formula is C17H21N3OS. The highest BCUT2D eigenvalue weighted by Crippen LogP contribution is 2.23. The van der Waals surface area contributed by atoms with Crippen molar-refractivity contribution in [3.63, 3.8) is 0 Å². The minimum Gasteiger partial charge on any atom is -0.355 e. The van der Waals surface area contributed by atoms with Crippen LogP contribution in [0.1, 0.15) is 23.2 Å². The van der Waals surface area contributed by atoms with Crippen LogP contribution in [0.15, 0.2) is 36.5 Å². The number of aromatic amines is 1. The number of nitrogens with one attached hydrogen (secondary N) is 2. The van der Waals surface area contributed by atoms with E-state index in [2.05, 4.69) is 39.8 Å². The Hall–Kier alpha value is -1.75. The first kappa shape index (κ1) is 15.2. The third kappa shape index (κ3) is 3.91. The molecule has 1 unspecified atom stereocenters. The molecule has 2 aromatic rings. The molecule has 0 bridgehead atoms. The normalized spacial score (nSPS) is 17.0. The van der Waals surface area contributed by atoms with Crippen molar-refractivity contribution < 1.29 is 4.79 Å². The lowest BCUT2D eigenvalue weighted by Crippen LogP contribution is -2.35. The molecule has 0 saturated carbocycles. The van der Waals surface area contributed by atoms with Gasteiger partial charge < -0.3 is 5.32 Å². The first-order valence-corrected chi connectivity index (χ1v) is 8.89. The summed E-state index contributed by atoms with van der Waals surface area (Å²) in [6.07, 6.45) is 4.55. The number of hydrogen-bond donors (Lipinski definition) is 2. The van der Waals surface area contributed by atoms with E-state index in [0.29, 0.717) is 0 Å². The lowest BCUT2D eigenvalue weighted by Gasteiger charge is -2.20. The maximum absolute atomic E-state index is 12.2. The quantitative estimate of drug-likeness (QED) is 0.806. The fraction of sp³-hybridized carbons (Fsp3) is 0.412. The average Bonchev–Trinajstić information content (AvgIpc) is 3.03. The molecule has 0 spiro atoms. The number of carbonyl (C=O) groups excluding carboxylic acids is 1. The van der Waals surface area contributed by atoms with Crippen LogP contribution in [0.25, 0.3) is 0 Å². The topological polar surface area (TPSA) is 57.8 Å². The van der Waals surface area contributed by atoms with Crippen molar-refractivity contribution in [2.45, 2.75) is 25.0 Å². The summed E-state index contributed by atoms with van der Waals surface area (Å²) in [7, 11) is 0. The molecule has 4 nitrogen and oxygen atoms in total. The lowest BCUT2D eigenvalue weighted by molar-refractivity contribution is -0.125. The number of aromatic nitrogens is 2. The summed E-state index contributed by atoms with van der Waals surface area (Å²) in [4.78, 5) is 12.2. The summed E-state index contributed by atoms with van der Waals surface area (Å²) in [6, 6.07) is 10.4.